The summed E-state index contributed by atoms with van der Waals surface area (Å²) < 4.78 is 6.45. The van der Waals surface area contributed by atoms with Gasteiger partial charge in [-0.2, -0.15) is 0 Å². The predicted octanol–water partition coefficient (Wildman–Crippen LogP) is 4.28. The Morgan fingerprint density at radius 1 is 1.20 bits per heavy atom. The first-order valence-electron chi connectivity index (χ1n) is 7.50. The highest BCUT2D eigenvalue weighted by Crippen LogP contribution is 2.25. The van der Waals surface area contributed by atoms with Crippen molar-refractivity contribution in [3.63, 3.8) is 0 Å². The molecule has 0 spiro atoms. The first-order chi connectivity index (χ1) is 9.54. The van der Waals surface area contributed by atoms with Crippen LogP contribution >= 0.6 is 15.9 Å². The quantitative estimate of drug-likeness (QED) is 0.723. The summed E-state index contributed by atoms with van der Waals surface area (Å²) in [6.07, 6.45) is 2.22. The monoisotopic (exact) mass is 341 g/mol. The lowest BCUT2D eigenvalue weighted by Crippen LogP contribution is -2.33. The Labute approximate surface area is 132 Å². The SMILES string of the molecule is COCCC(C)C(CNC(C)C)Cc1ccccc1Br. The van der Waals surface area contributed by atoms with Crippen LogP contribution < -0.4 is 5.32 Å². The zero-order valence-corrected chi connectivity index (χ0v) is 14.7. The number of ether oxygens (including phenoxy) is 1. The lowest BCUT2D eigenvalue weighted by Gasteiger charge is -2.26. The Kier molecular flexibility index (Phi) is 8.43. The van der Waals surface area contributed by atoms with Crippen LogP contribution in [0.15, 0.2) is 28.7 Å². The Bertz CT molecular complexity index is 381. The van der Waals surface area contributed by atoms with Crippen molar-refractivity contribution in [3.05, 3.63) is 34.3 Å². The minimum Gasteiger partial charge on any atom is -0.385 e. The van der Waals surface area contributed by atoms with Gasteiger partial charge in [-0.3, -0.25) is 0 Å². The van der Waals surface area contributed by atoms with Gasteiger partial charge in [-0.25, -0.2) is 0 Å². The second kappa shape index (κ2) is 9.54. The highest BCUT2D eigenvalue weighted by Gasteiger charge is 2.19. The van der Waals surface area contributed by atoms with Gasteiger partial charge in [0.05, 0.1) is 0 Å². The van der Waals surface area contributed by atoms with Gasteiger partial charge >= 0.3 is 0 Å². The van der Waals surface area contributed by atoms with Gasteiger partial charge < -0.3 is 10.1 Å². The molecule has 0 aliphatic rings. The van der Waals surface area contributed by atoms with Gasteiger partial charge in [-0.05, 0) is 42.9 Å². The van der Waals surface area contributed by atoms with E-state index in [-0.39, 0.29) is 0 Å². The summed E-state index contributed by atoms with van der Waals surface area (Å²) in [6, 6.07) is 9.07. The van der Waals surface area contributed by atoms with E-state index >= 15 is 0 Å². The first kappa shape index (κ1) is 17.7. The average Bonchev–Trinajstić information content (AvgIpc) is 2.42. The fraction of sp³-hybridized carbons (Fsp3) is 0.647. The van der Waals surface area contributed by atoms with Crippen molar-refractivity contribution in [2.45, 2.75) is 39.7 Å². The first-order valence-corrected chi connectivity index (χ1v) is 8.29. The van der Waals surface area contributed by atoms with Crippen molar-refractivity contribution >= 4 is 15.9 Å². The molecule has 20 heavy (non-hydrogen) atoms. The summed E-state index contributed by atoms with van der Waals surface area (Å²) in [5.74, 6) is 1.28. The third-order valence-corrected chi connectivity index (χ3v) is 4.58. The van der Waals surface area contributed by atoms with E-state index in [9.17, 15) is 0 Å². The molecule has 3 heteroatoms. The van der Waals surface area contributed by atoms with Crippen LogP contribution in [-0.2, 0) is 11.2 Å². The minimum atomic E-state index is 0.534. The summed E-state index contributed by atoms with van der Waals surface area (Å²) in [7, 11) is 1.78. The van der Waals surface area contributed by atoms with Crippen LogP contribution in [0.3, 0.4) is 0 Å². The van der Waals surface area contributed by atoms with E-state index in [1.807, 2.05) is 0 Å². The zero-order chi connectivity index (χ0) is 15.0. The number of methoxy groups -OCH3 is 1. The third-order valence-electron chi connectivity index (χ3n) is 3.81. The molecule has 1 rings (SSSR count). The second-order valence-corrected chi connectivity index (χ2v) is 6.73. The highest BCUT2D eigenvalue weighted by molar-refractivity contribution is 9.10. The van der Waals surface area contributed by atoms with Gasteiger partial charge in [-0.1, -0.05) is 54.9 Å². The van der Waals surface area contributed by atoms with E-state index in [0.29, 0.717) is 17.9 Å². The average molecular weight is 342 g/mol. The normalized spacial score (nSPS) is 14.5. The molecule has 1 aromatic carbocycles. The standard InChI is InChI=1S/C17H28BrNO/c1-13(2)19-12-16(14(3)9-10-20-4)11-15-7-5-6-8-17(15)18/h5-8,13-14,16,19H,9-12H2,1-4H3. The molecular weight excluding hydrogens is 314 g/mol. The van der Waals surface area contributed by atoms with Crippen molar-refractivity contribution in [2.75, 3.05) is 20.3 Å². The van der Waals surface area contributed by atoms with Gasteiger partial charge in [-0.15, -0.1) is 0 Å². The number of benzene rings is 1. The molecule has 0 fully saturated rings. The summed E-state index contributed by atoms with van der Waals surface area (Å²) in [5.41, 5.74) is 1.40. The smallest absolute Gasteiger partial charge is 0.0464 e. The molecule has 0 saturated heterocycles. The van der Waals surface area contributed by atoms with Crippen molar-refractivity contribution in [3.8, 4) is 0 Å². The largest absolute Gasteiger partial charge is 0.385 e. The van der Waals surface area contributed by atoms with Crippen LogP contribution in [0.4, 0.5) is 0 Å². The van der Waals surface area contributed by atoms with Crippen LogP contribution in [0.5, 0.6) is 0 Å². The van der Waals surface area contributed by atoms with Crippen molar-refractivity contribution in [1.82, 2.24) is 5.32 Å². The molecule has 2 unspecified atom stereocenters. The van der Waals surface area contributed by atoms with Gasteiger partial charge in [0, 0.05) is 24.2 Å². The van der Waals surface area contributed by atoms with Crippen molar-refractivity contribution < 1.29 is 4.74 Å². The number of hydrogen-bond acceptors (Lipinski definition) is 2. The van der Waals surface area contributed by atoms with E-state index < -0.39 is 0 Å². The van der Waals surface area contributed by atoms with E-state index in [1.54, 1.807) is 7.11 Å². The molecule has 0 heterocycles. The minimum absolute atomic E-state index is 0.534. The molecule has 0 aliphatic heterocycles. The van der Waals surface area contributed by atoms with Crippen LogP contribution in [0.2, 0.25) is 0 Å². The van der Waals surface area contributed by atoms with E-state index in [1.165, 1.54) is 10.0 Å². The molecule has 2 nitrogen and oxygen atoms in total. The molecule has 1 N–H and O–H groups in total. The molecule has 0 aliphatic carbocycles. The van der Waals surface area contributed by atoms with Crippen LogP contribution in [0, 0.1) is 11.8 Å². The fourth-order valence-corrected chi connectivity index (χ4v) is 2.79. The molecule has 114 valence electrons. The summed E-state index contributed by atoms with van der Waals surface area (Å²) in [5, 5.41) is 3.59. The number of hydrogen-bond donors (Lipinski definition) is 1. The summed E-state index contributed by atoms with van der Waals surface area (Å²) >= 11 is 3.66. The topological polar surface area (TPSA) is 21.3 Å². The number of rotatable bonds is 9. The molecular formula is C17H28BrNO. The van der Waals surface area contributed by atoms with Gasteiger partial charge in [0.1, 0.15) is 0 Å². The maximum Gasteiger partial charge on any atom is 0.0464 e. The second-order valence-electron chi connectivity index (χ2n) is 5.88. The van der Waals surface area contributed by atoms with Crippen molar-refractivity contribution in [2.24, 2.45) is 11.8 Å². The molecule has 0 radical (unpaired) electrons. The molecule has 0 amide bonds. The van der Waals surface area contributed by atoms with Gasteiger partial charge in [0.15, 0.2) is 0 Å². The molecule has 0 aromatic heterocycles. The maximum absolute atomic E-state index is 5.23. The number of nitrogens with one attached hydrogen (secondary N) is 1. The lowest BCUT2D eigenvalue weighted by molar-refractivity contribution is 0.163. The van der Waals surface area contributed by atoms with Gasteiger partial charge in [0.25, 0.3) is 0 Å². The molecule has 2 atom stereocenters. The van der Waals surface area contributed by atoms with E-state index in [4.69, 9.17) is 4.74 Å². The molecule has 0 saturated carbocycles. The van der Waals surface area contributed by atoms with Crippen LogP contribution in [0.1, 0.15) is 32.8 Å². The van der Waals surface area contributed by atoms with Crippen LogP contribution in [-0.4, -0.2) is 26.3 Å². The van der Waals surface area contributed by atoms with E-state index in [2.05, 4.69) is 66.3 Å². The molecule has 1 aromatic rings. The number of halogens is 1. The highest BCUT2D eigenvalue weighted by atomic mass is 79.9. The van der Waals surface area contributed by atoms with E-state index in [0.717, 1.165) is 26.0 Å². The maximum atomic E-state index is 5.23. The van der Waals surface area contributed by atoms with Crippen molar-refractivity contribution in [1.29, 1.82) is 0 Å². The lowest BCUT2D eigenvalue weighted by atomic mass is 9.86. The fourth-order valence-electron chi connectivity index (χ4n) is 2.35. The van der Waals surface area contributed by atoms with Gasteiger partial charge in [0.2, 0.25) is 0 Å². The Hall–Kier alpha value is -0.380. The Balaban J connectivity index is 2.68. The molecule has 0 bridgehead atoms. The third kappa shape index (κ3) is 6.38. The predicted molar refractivity (Wildman–Crippen MR) is 90.1 cm³/mol. The Morgan fingerprint density at radius 2 is 1.90 bits per heavy atom. The van der Waals surface area contributed by atoms with Crippen LogP contribution in [0.25, 0.3) is 0 Å². The zero-order valence-electron chi connectivity index (χ0n) is 13.2. The summed E-state index contributed by atoms with van der Waals surface area (Å²) in [6.45, 7) is 8.65. The Morgan fingerprint density at radius 3 is 2.50 bits per heavy atom. The summed E-state index contributed by atoms with van der Waals surface area (Å²) in [4.78, 5) is 0.